The molecule has 5 N–H and O–H groups in total. The fourth-order valence-electron chi connectivity index (χ4n) is 1.63. The summed E-state index contributed by atoms with van der Waals surface area (Å²) in [5.41, 5.74) is 5.65. The van der Waals surface area contributed by atoms with Crippen molar-refractivity contribution in [2.45, 2.75) is 20.3 Å². The molecule has 0 unspecified atom stereocenters. The Morgan fingerprint density at radius 1 is 1.28 bits per heavy atom. The fourth-order valence-corrected chi connectivity index (χ4v) is 1.63. The zero-order valence-electron chi connectivity index (χ0n) is 10.7. The van der Waals surface area contributed by atoms with E-state index >= 15 is 0 Å². The molecule has 0 fully saturated rings. The molecule has 100 valence electrons. The maximum absolute atomic E-state index is 11.8. The molecule has 5 heteroatoms. The first-order valence-corrected chi connectivity index (χ1v) is 5.85. The second-order valence-electron chi connectivity index (χ2n) is 5.12. The number of phenolic OH excluding ortho intramolecular Hbond substituents is 2. The summed E-state index contributed by atoms with van der Waals surface area (Å²) in [5.74, 6) is -0.603. The molecule has 1 aromatic carbocycles. The third kappa shape index (κ3) is 4.25. The van der Waals surface area contributed by atoms with Crippen LogP contribution in [0.5, 0.6) is 11.5 Å². The molecular weight excluding hydrogens is 232 g/mol. The van der Waals surface area contributed by atoms with Crippen molar-refractivity contribution in [3.63, 3.8) is 0 Å². The Balaban J connectivity index is 2.66. The van der Waals surface area contributed by atoms with Crippen molar-refractivity contribution < 1.29 is 15.0 Å². The minimum Gasteiger partial charge on any atom is -0.508 e. The van der Waals surface area contributed by atoms with Gasteiger partial charge in [-0.05, 0) is 30.5 Å². The number of amides is 1. The quantitative estimate of drug-likeness (QED) is 0.633. The van der Waals surface area contributed by atoms with Crippen LogP contribution in [0.3, 0.4) is 0 Å². The summed E-state index contributed by atoms with van der Waals surface area (Å²) in [6, 6.07) is 3.80. The number of benzene rings is 1. The van der Waals surface area contributed by atoms with Gasteiger partial charge in [-0.25, -0.2) is 0 Å². The van der Waals surface area contributed by atoms with Crippen molar-refractivity contribution in [3.05, 3.63) is 23.8 Å². The van der Waals surface area contributed by atoms with E-state index in [1.165, 1.54) is 18.2 Å². The van der Waals surface area contributed by atoms with E-state index in [4.69, 9.17) is 5.73 Å². The van der Waals surface area contributed by atoms with Crippen LogP contribution < -0.4 is 11.1 Å². The molecule has 1 rings (SSSR count). The van der Waals surface area contributed by atoms with Crippen molar-refractivity contribution in [2.75, 3.05) is 13.1 Å². The fraction of sp³-hybridized carbons (Fsp3) is 0.462. The van der Waals surface area contributed by atoms with Crippen LogP contribution in [-0.4, -0.2) is 29.2 Å². The molecule has 0 aliphatic heterocycles. The number of hydrogen-bond acceptors (Lipinski definition) is 4. The zero-order chi connectivity index (χ0) is 13.8. The highest BCUT2D eigenvalue weighted by Gasteiger charge is 2.18. The van der Waals surface area contributed by atoms with E-state index in [9.17, 15) is 15.0 Å². The van der Waals surface area contributed by atoms with Crippen LogP contribution in [0.2, 0.25) is 0 Å². The molecule has 0 aliphatic rings. The molecule has 0 bridgehead atoms. The smallest absolute Gasteiger partial charge is 0.251 e. The highest BCUT2D eigenvalue weighted by Crippen LogP contribution is 2.21. The molecule has 5 nitrogen and oxygen atoms in total. The molecular formula is C13H20N2O3. The lowest BCUT2D eigenvalue weighted by Crippen LogP contribution is -2.35. The van der Waals surface area contributed by atoms with E-state index in [0.717, 1.165) is 6.42 Å². The highest BCUT2D eigenvalue weighted by molar-refractivity contribution is 5.95. The van der Waals surface area contributed by atoms with E-state index < -0.39 is 0 Å². The molecule has 1 amide bonds. The van der Waals surface area contributed by atoms with Gasteiger partial charge in [0.05, 0.1) is 0 Å². The first-order chi connectivity index (χ1) is 8.34. The van der Waals surface area contributed by atoms with Crippen LogP contribution in [-0.2, 0) is 0 Å². The number of aromatic hydroxyl groups is 2. The van der Waals surface area contributed by atoms with Gasteiger partial charge in [-0.2, -0.15) is 0 Å². The molecule has 0 atom stereocenters. The third-order valence-electron chi connectivity index (χ3n) is 2.71. The van der Waals surface area contributed by atoms with E-state index in [1.807, 2.05) is 13.8 Å². The van der Waals surface area contributed by atoms with Crippen LogP contribution in [0.1, 0.15) is 30.6 Å². The SMILES string of the molecule is CC(C)(CCN)CNC(=O)c1cc(O)cc(O)c1. The summed E-state index contributed by atoms with van der Waals surface area (Å²) < 4.78 is 0. The van der Waals surface area contributed by atoms with Gasteiger partial charge in [0, 0.05) is 18.2 Å². The van der Waals surface area contributed by atoms with Gasteiger partial charge in [-0.3, -0.25) is 4.79 Å². The van der Waals surface area contributed by atoms with Crippen molar-refractivity contribution in [1.82, 2.24) is 5.32 Å². The minimum atomic E-state index is -0.328. The maximum Gasteiger partial charge on any atom is 0.251 e. The summed E-state index contributed by atoms with van der Waals surface area (Å²) in [6.07, 6.45) is 0.804. The molecule has 0 saturated carbocycles. The standard InChI is InChI=1S/C13H20N2O3/c1-13(2,3-4-14)8-15-12(18)9-5-10(16)7-11(17)6-9/h5-7,16-17H,3-4,8,14H2,1-2H3,(H,15,18). The summed E-state index contributed by atoms with van der Waals surface area (Å²) in [6.45, 7) is 5.08. The van der Waals surface area contributed by atoms with Gasteiger partial charge in [-0.15, -0.1) is 0 Å². The Kier molecular flexibility index (Phi) is 4.55. The van der Waals surface area contributed by atoms with Gasteiger partial charge in [0.1, 0.15) is 11.5 Å². The van der Waals surface area contributed by atoms with Crippen molar-refractivity contribution in [3.8, 4) is 11.5 Å². The second kappa shape index (κ2) is 5.73. The van der Waals surface area contributed by atoms with E-state index in [1.54, 1.807) is 0 Å². The average Bonchev–Trinajstić information content (AvgIpc) is 2.24. The van der Waals surface area contributed by atoms with E-state index in [-0.39, 0.29) is 28.4 Å². The van der Waals surface area contributed by atoms with Crippen LogP contribution in [0.25, 0.3) is 0 Å². The van der Waals surface area contributed by atoms with Gasteiger partial charge in [0.25, 0.3) is 5.91 Å². The lowest BCUT2D eigenvalue weighted by atomic mass is 9.89. The Labute approximate surface area is 107 Å². The summed E-state index contributed by atoms with van der Waals surface area (Å²) in [4.78, 5) is 11.8. The average molecular weight is 252 g/mol. The minimum absolute atomic E-state index is 0.0801. The molecule has 0 heterocycles. The Bertz CT molecular complexity index is 410. The molecule has 1 aromatic rings. The van der Waals surface area contributed by atoms with Gasteiger partial charge in [-0.1, -0.05) is 13.8 Å². The van der Waals surface area contributed by atoms with Gasteiger partial charge in [0.15, 0.2) is 0 Å². The Morgan fingerprint density at radius 3 is 2.33 bits per heavy atom. The largest absolute Gasteiger partial charge is 0.508 e. The molecule has 0 aromatic heterocycles. The number of hydrogen-bond donors (Lipinski definition) is 4. The first kappa shape index (κ1) is 14.3. The van der Waals surface area contributed by atoms with Crippen molar-refractivity contribution >= 4 is 5.91 Å². The van der Waals surface area contributed by atoms with Crippen molar-refractivity contribution in [1.29, 1.82) is 0 Å². The van der Waals surface area contributed by atoms with Gasteiger partial charge in [0.2, 0.25) is 0 Å². The predicted octanol–water partition coefficient (Wildman–Crippen LogP) is 1.20. The second-order valence-corrected chi connectivity index (χ2v) is 5.12. The van der Waals surface area contributed by atoms with Gasteiger partial charge >= 0.3 is 0 Å². The first-order valence-electron chi connectivity index (χ1n) is 5.85. The number of nitrogens with one attached hydrogen (secondary N) is 1. The number of rotatable bonds is 5. The molecule has 0 radical (unpaired) electrons. The predicted molar refractivity (Wildman–Crippen MR) is 69.6 cm³/mol. The molecule has 18 heavy (non-hydrogen) atoms. The van der Waals surface area contributed by atoms with E-state index in [0.29, 0.717) is 13.1 Å². The lowest BCUT2D eigenvalue weighted by molar-refractivity contribution is 0.0934. The number of nitrogens with two attached hydrogens (primary N) is 1. The Hall–Kier alpha value is -1.75. The van der Waals surface area contributed by atoms with Crippen LogP contribution >= 0.6 is 0 Å². The summed E-state index contributed by atoms with van der Waals surface area (Å²) in [5, 5.41) is 21.4. The Morgan fingerprint density at radius 2 is 1.83 bits per heavy atom. The zero-order valence-corrected chi connectivity index (χ0v) is 10.7. The third-order valence-corrected chi connectivity index (χ3v) is 2.71. The van der Waals surface area contributed by atoms with Crippen LogP contribution in [0, 0.1) is 5.41 Å². The monoisotopic (exact) mass is 252 g/mol. The normalized spacial score (nSPS) is 11.3. The molecule has 0 aliphatic carbocycles. The highest BCUT2D eigenvalue weighted by atomic mass is 16.3. The topological polar surface area (TPSA) is 95.6 Å². The summed E-state index contributed by atoms with van der Waals surface area (Å²) >= 11 is 0. The lowest BCUT2D eigenvalue weighted by Gasteiger charge is -2.24. The number of carbonyl (C=O) groups is 1. The molecule has 0 saturated heterocycles. The van der Waals surface area contributed by atoms with Gasteiger partial charge < -0.3 is 21.3 Å². The molecule has 0 spiro atoms. The summed E-state index contributed by atoms with van der Waals surface area (Å²) in [7, 11) is 0. The number of carbonyl (C=O) groups excluding carboxylic acids is 1. The number of phenols is 2. The maximum atomic E-state index is 11.8. The van der Waals surface area contributed by atoms with Crippen molar-refractivity contribution in [2.24, 2.45) is 11.1 Å². The van der Waals surface area contributed by atoms with Crippen LogP contribution in [0.4, 0.5) is 0 Å². The van der Waals surface area contributed by atoms with E-state index in [2.05, 4.69) is 5.32 Å². The van der Waals surface area contributed by atoms with Crippen LogP contribution in [0.15, 0.2) is 18.2 Å².